The van der Waals surface area contributed by atoms with Crippen molar-refractivity contribution in [2.75, 3.05) is 5.73 Å². The molecule has 0 atom stereocenters. The molecule has 1 rings (SSSR count). The molecule has 1 aromatic rings. The summed E-state index contributed by atoms with van der Waals surface area (Å²) in [5, 5.41) is 5.74. The molecule has 1 heterocycles. The van der Waals surface area contributed by atoms with Crippen molar-refractivity contribution in [3.8, 4) is 0 Å². The number of anilines is 1. The van der Waals surface area contributed by atoms with Gasteiger partial charge in [0.05, 0.1) is 6.20 Å². The van der Waals surface area contributed by atoms with Gasteiger partial charge in [0.15, 0.2) is 0 Å². The number of nitrogens with zero attached hydrogens (tertiary/aromatic N) is 1. The standard InChI is InChI=1S/C5H6N4O3/c6-3-2(1-8-9-3)4(10)12-5(7)11/h1H,(H2,7,11)(H3,6,8,9). The average molecular weight is 170 g/mol. The molecule has 0 fully saturated rings. The zero-order valence-corrected chi connectivity index (χ0v) is 5.90. The van der Waals surface area contributed by atoms with Crippen LogP contribution < -0.4 is 11.5 Å². The van der Waals surface area contributed by atoms with Crippen LogP contribution in [0.4, 0.5) is 10.6 Å². The van der Waals surface area contributed by atoms with E-state index in [-0.39, 0.29) is 11.4 Å². The highest BCUT2D eigenvalue weighted by atomic mass is 16.6. The fraction of sp³-hybridized carbons (Fsp3) is 0. The number of carbonyl (C=O) groups is 2. The molecule has 5 N–H and O–H groups in total. The molecule has 64 valence electrons. The smallest absolute Gasteiger partial charge is 0.383 e. The maximum absolute atomic E-state index is 10.9. The largest absolute Gasteiger partial charge is 0.412 e. The van der Waals surface area contributed by atoms with E-state index in [1.165, 1.54) is 0 Å². The zero-order valence-electron chi connectivity index (χ0n) is 5.90. The maximum Gasteiger partial charge on any atom is 0.412 e. The molecule has 0 aromatic carbocycles. The van der Waals surface area contributed by atoms with Gasteiger partial charge in [-0.05, 0) is 0 Å². The van der Waals surface area contributed by atoms with Gasteiger partial charge in [0.25, 0.3) is 0 Å². The molecule has 0 aliphatic heterocycles. The summed E-state index contributed by atoms with van der Waals surface area (Å²) in [7, 11) is 0. The van der Waals surface area contributed by atoms with Crippen molar-refractivity contribution in [1.29, 1.82) is 0 Å². The molecule has 12 heavy (non-hydrogen) atoms. The maximum atomic E-state index is 10.9. The van der Waals surface area contributed by atoms with Gasteiger partial charge >= 0.3 is 12.1 Å². The van der Waals surface area contributed by atoms with Crippen LogP contribution in [-0.2, 0) is 4.74 Å². The highest BCUT2D eigenvalue weighted by molar-refractivity contribution is 5.99. The predicted octanol–water partition coefficient (Wildman–Crippen LogP) is -0.773. The molecule has 0 radical (unpaired) electrons. The number of nitrogens with one attached hydrogen (secondary N) is 1. The molecule has 0 aliphatic rings. The van der Waals surface area contributed by atoms with E-state index in [4.69, 9.17) is 5.73 Å². The van der Waals surface area contributed by atoms with Crippen molar-refractivity contribution in [1.82, 2.24) is 10.2 Å². The van der Waals surface area contributed by atoms with Gasteiger partial charge in [-0.3, -0.25) is 5.10 Å². The van der Waals surface area contributed by atoms with Crippen molar-refractivity contribution in [3.05, 3.63) is 11.8 Å². The first-order chi connectivity index (χ1) is 5.61. The van der Waals surface area contributed by atoms with Gasteiger partial charge in [0.1, 0.15) is 11.4 Å². The van der Waals surface area contributed by atoms with E-state index in [2.05, 4.69) is 20.7 Å². The number of esters is 1. The number of H-pyrrole nitrogens is 1. The molecular weight excluding hydrogens is 164 g/mol. The third-order valence-electron chi connectivity index (χ3n) is 1.08. The second-order valence-electron chi connectivity index (χ2n) is 1.91. The number of amides is 1. The number of hydrogen-bond acceptors (Lipinski definition) is 5. The number of ether oxygens (including phenoxy) is 1. The summed E-state index contributed by atoms with van der Waals surface area (Å²) in [6.45, 7) is 0. The normalized spacial score (nSPS) is 9.33. The zero-order chi connectivity index (χ0) is 9.14. The minimum Gasteiger partial charge on any atom is -0.383 e. The Bertz CT molecular complexity index is 318. The first-order valence-electron chi connectivity index (χ1n) is 2.91. The van der Waals surface area contributed by atoms with Crippen LogP contribution in [0, 0.1) is 0 Å². The monoisotopic (exact) mass is 170 g/mol. The lowest BCUT2D eigenvalue weighted by Crippen LogP contribution is -2.18. The molecule has 0 spiro atoms. The molecule has 1 aromatic heterocycles. The number of aromatic nitrogens is 2. The van der Waals surface area contributed by atoms with Gasteiger partial charge in [-0.15, -0.1) is 0 Å². The summed E-state index contributed by atoms with van der Waals surface area (Å²) in [5.41, 5.74) is 9.82. The highest BCUT2D eigenvalue weighted by Gasteiger charge is 2.14. The Labute approximate surface area is 66.7 Å². The quantitative estimate of drug-likeness (QED) is 0.377. The van der Waals surface area contributed by atoms with E-state index in [1.54, 1.807) is 0 Å². The van der Waals surface area contributed by atoms with Gasteiger partial charge in [0, 0.05) is 0 Å². The Morgan fingerprint density at radius 3 is 2.67 bits per heavy atom. The molecular formula is C5H6N4O3. The van der Waals surface area contributed by atoms with Gasteiger partial charge in [-0.1, -0.05) is 0 Å². The minimum atomic E-state index is -1.18. The van der Waals surface area contributed by atoms with Crippen LogP contribution in [0.1, 0.15) is 10.4 Å². The van der Waals surface area contributed by atoms with E-state index in [0.29, 0.717) is 0 Å². The molecule has 1 amide bonds. The fourth-order valence-electron chi connectivity index (χ4n) is 0.605. The number of nitrogen functional groups attached to an aromatic ring is 1. The van der Waals surface area contributed by atoms with E-state index in [1.807, 2.05) is 0 Å². The van der Waals surface area contributed by atoms with Crippen molar-refractivity contribution in [3.63, 3.8) is 0 Å². The van der Waals surface area contributed by atoms with Crippen LogP contribution in [0.5, 0.6) is 0 Å². The summed E-state index contributed by atoms with van der Waals surface area (Å²) < 4.78 is 4.04. The van der Waals surface area contributed by atoms with Gasteiger partial charge in [0.2, 0.25) is 0 Å². The Hall–Kier alpha value is -2.05. The van der Waals surface area contributed by atoms with Crippen LogP contribution in [0.3, 0.4) is 0 Å². The van der Waals surface area contributed by atoms with Crippen LogP contribution in [-0.4, -0.2) is 22.3 Å². The number of aromatic amines is 1. The third-order valence-corrected chi connectivity index (χ3v) is 1.08. The van der Waals surface area contributed by atoms with Crippen LogP contribution in [0.15, 0.2) is 6.20 Å². The minimum absolute atomic E-state index is 0.0196. The second kappa shape index (κ2) is 2.91. The molecule has 0 saturated carbocycles. The van der Waals surface area contributed by atoms with Crippen molar-refractivity contribution < 1.29 is 14.3 Å². The highest BCUT2D eigenvalue weighted by Crippen LogP contribution is 2.06. The summed E-state index contributed by atoms with van der Waals surface area (Å²) in [6.07, 6.45) is -0.0405. The van der Waals surface area contributed by atoms with Crippen LogP contribution in [0.2, 0.25) is 0 Å². The summed E-state index contributed by atoms with van der Waals surface area (Å²) >= 11 is 0. The molecule has 0 bridgehead atoms. The fourth-order valence-corrected chi connectivity index (χ4v) is 0.605. The van der Waals surface area contributed by atoms with Gasteiger partial charge < -0.3 is 16.2 Å². The van der Waals surface area contributed by atoms with Gasteiger partial charge in [-0.2, -0.15) is 5.10 Å². The average Bonchev–Trinajstić information content (AvgIpc) is 2.33. The van der Waals surface area contributed by atoms with E-state index >= 15 is 0 Å². The Morgan fingerprint density at radius 2 is 2.25 bits per heavy atom. The first kappa shape index (κ1) is 8.05. The van der Waals surface area contributed by atoms with E-state index < -0.39 is 12.1 Å². The first-order valence-corrected chi connectivity index (χ1v) is 2.91. The number of hydrogen-bond donors (Lipinski definition) is 3. The molecule has 0 aliphatic carbocycles. The summed E-state index contributed by atoms with van der Waals surface area (Å²) in [4.78, 5) is 21.0. The second-order valence-corrected chi connectivity index (χ2v) is 1.91. The van der Waals surface area contributed by atoms with Crippen molar-refractivity contribution in [2.24, 2.45) is 5.73 Å². The molecule has 0 unspecified atom stereocenters. The Balaban J connectivity index is 2.78. The van der Waals surface area contributed by atoms with E-state index in [9.17, 15) is 9.59 Å². The van der Waals surface area contributed by atoms with Gasteiger partial charge in [-0.25, -0.2) is 9.59 Å². The SMILES string of the molecule is NC(=O)OC(=O)c1cn[nH]c1N. The summed E-state index contributed by atoms with van der Waals surface area (Å²) in [6, 6.07) is 0. The van der Waals surface area contributed by atoms with Crippen molar-refractivity contribution >= 4 is 17.9 Å². The van der Waals surface area contributed by atoms with Crippen molar-refractivity contribution in [2.45, 2.75) is 0 Å². The molecule has 7 nitrogen and oxygen atoms in total. The number of rotatable bonds is 1. The topological polar surface area (TPSA) is 124 Å². The lowest BCUT2D eigenvalue weighted by Gasteiger charge is -1.95. The lowest BCUT2D eigenvalue weighted by molar-refractivity contribution is 0.0639. The molecule has 7 heteroatoms. The number of carbonyl (C=O) groups excluding carboxylic acids is 2. The number of primary amides is 1. The van der Waals surface area contributed by atoms with Crippen LogP contribution >= 0.6 is 0 Å². The number of nitrogens with two attached hydrogens (primary N) is 2. The lowest BCUT2D eigenvalue weighted by atomic mass is 10.3. The Kier molecular flexibility index (Phi) is 1.95. The van der Waals surface area contributed by atoms with Crippen LogP contribution in [0.25, 0.3) is 0 Å². The Morgan fingerprint density at radius 1 is 1.58 bits per heavy atom. The molecule has 0 saturated heterocycles. The predicted molar refractivity (Wildman–Crippen MR) is 38.0 cm³/mol. The summed E-state index contributed by atoms with van der Waals surface area (Å²) in [5.74, 6) is -0.894. The third kappa shape index (κ3) is 1.51. The van der Waals surface area contributed by atoms with E-state index in [0.717, 1.165) is 6.20 Å².